The molecule has 7 aromatic rings. The van der Waals surface area contributed by atoms with Gasteiger partial charge in [0.05, 0.1) is 0 Å². The van der Waals surface area contributed by atoms with Crippen molar-refractivity contribution in [2.75, 3.05) is 0 Å². The minimum absolute atomic E-state index is 0.957. The van der Waals surface area contributed by atoms with Crippen molar-refractivity contribution in [3.05, 3.63) is 131 Å². The van der Waals surface area contributed by atoms with Crippen LogP contribution < -0.4 is 0 Å². The quantitative estimate of drug-likeness (QED) is 0.244. The summed E-state index contributed by atoms with van der Waals surface area (Å²) in [4.78, 5) is 0. The molecule has 174 valence electrons. The number of hydrogen-bond donors (Lipinski definition) is 0. The van der Waals surface area contributed by atoms with Gasteiger partial charge in [-0.3, -0.25) is 0 Å². The van der Waals surface area contributed by atoms with E-state index in [9.17, 15) is 0 Å². The summed E-state index contributed by atoms with van der Waals surface area (Å²) < 4.78 is 11.9. The van der Waals surface area contributed by atoms with Crippen LogP contribution in [0.3, 0.4) is 0 Å². The summed E-state index contributed by atoms with van der Waals surface area (Å²) in [5.41, 5.74) is 9.29. The van der Waals surface area contributed by atoms with Gasteiger partial charge >= 0.3 is 0 Å². The van der Waals surface area contributed by atoms with E-state index in [0.29, 0.717) is 0 Å². The lowest BCUT2D eigenvalue weighted by Gasteiger charge is -2.06. The van der Waals surface area contributed by atoms with Gasteiger partial charge in [0.2, 0.25) is 0 Å². The molecule has 0 fully saturated rings. The summed E-state index contributed by atoms with van der Waals surface area (Å²) in [5.74, 6) is 0. The zero-order valence-corrected chi connectivity index (χ0v) is 20.0. The number of rotatable bonds is 6. The fourth-order valence-corrected chi connectivity index (χ4v) is 5.31. The van der Waals surface area contributed by atoms with E-state index < -0.39 is 0 Å². The Balaban J connectivity index is 1.02. The zero-order chi connectivity index (χ0) is 23.9. The second-order valence-corrected chi connectivity index (χ2v) is 9.67. The normalized spacial score (nSPS) is 11.8. The molecule has 0 amide bonds. The highest BCUT2D eigenvalue weighted by atomic mass is 16.3. The second kappa shape index (κ2) is 8.73. The Hall–Kier alpha value is -4.30. The average molecular weight is 467 g/mol. The van der Waals surface area contributed by atoms with Crippen LogP contribution in [0.5, 0.6) is 0 Å². The first-order chi connectivity index (χ1) is 17.8. The van der Waals surface area contributed by atoms with Crippen molar-refractivity contribution in [3.63, 3.8) is 0 Å². The maximum absolute atomic E-state index is 5.97. The third-order valence-electron chi connectivity index (χ3n) is 7.31. The monoisotopic (exact) mass is 466 g/mol. The minimum atomic E-state index is 0.957. The molecule has 0 bridgehead atoms. The molecule has 0 aliphatic rings. The maximum atomic E-state index is 5.97. The number of hydrogen-bond acceptors (Lipinski definition) is 2. The van der Waals surface area contributed by atoms with E-state index in [4.69, 9.17) is 8.83 Å². The number of benzene rings is 5. The fraction of sp³-hybridized carbons (Fsp3) is 0.118. The topological polar surface area (TPSA) is 26.3 Å². The predicted molar refractivity (Wildman–Crippen MR) is 149 cm³/mol. The van der Waals surface area contributed by atoms with Crippen molar-refractivity contribution >= 4 is 43.9 Å². The van der Waals surface area contributed by atoms with Crippen molar-refractivity contribution in [2.24, 2.45) is 0 Å². The van der Waals surface area contributed by atoms with E-state index in [0.717, 1.165) is 48.0 Å². The molecule has 7 rings (SSSR count). The van der Waals surface area contributed by atoms with Crippen LogP contribution in [0.25, 0.3) is 43.9 Å². The van der Waals surface area contributed by atoms with Gasteiger partial charge in [-0.2, -0.15) is 0 Å². The van der Waals surface area contributed by atoms with Crippen LogP contribution in [0.1, 0.15) is 22.3 Å². The zero-order valence-electron chi connectivity index (χ0n) is 20.0. The summed E-state index contributed by atoms with van der Waals surface area (Å²) in [5, 5.41) is 4.80. The van der Waals surface area contributed by atoms with Gasteiger partial charge in [0.25, 0.3) is 0 Å². The van der Waals surface area contributed by atoms with E-state index in [1.807, 2.05) is 24.3 Å². The maximum Gasteiger partial charge on any atom is 0.135 e. The van der Waals surface area contributed by atoms with Crippen LogP contribution in [0, 0.1) is 0 Å². The van der Waals surface area contributed by atoms with Crippen molar-refractivity contribution < 1.29 is 8.83 Å². The molecule has 2 aromatic heterocycles. The van der Waals surface area contributed by atoms with Gasteiger partial charge in [-0.1, -0.05) is 72.8 Å². The first-order valence-electron chi connectivity index (χ1n) is 12.7. The number of furan rings is 2. The number of aryl methyl sites for hydroxylation is 4. The van der Waals surface area contributed by atoms with Gasteiger partial charge in [-0.05, 0) is 84.3 Å². The van der Waals surface area contributed by atoms with Crippen LogP contribution in [0.4, 0.5) is 0 Å². The van der Waals surface area contributed by atoms with Crippen LogP contribution in [0.2, 0.25) is 0 Å². The molecule has 2 heteroatoms. The SMILES string of the molecule is c1ccc2c(c1)oc1ccc(CCc3ccc(CCc4ccc5oc6ccccc6c5c4)cc3)cc12. The summed E-state index contributed by atoms with van der Waals surface area (Å²) in [6.45, 7) is 0. The third kappa shape index (κ3) is 3.85. The Bertz CT molecular complexity index is 1700. The van der Waals surface area contributed by atoms with Crippen molar-refractivity contribution in [1.82, 2.24) is 0 Å². The summed E-state index contributed by atoms with van der Waals surface area (Å²) >= 11 is 0. The number of fused-ring (bicyclic) bond motifs is 6. The van der Waals surface area contributed by atoms with Crippen LogP contribution >= 0.6 is 0 Å². The highest BCUT2D eigenvalue weighted by molar-refractivity contribution is 6.05. The molecule has 0 atom stereocenters. The molecule has 36 heavy (non-hydrogen) atoms. The Morgan fingerprint density at radius 3 is 1.17 bits per heavy atom. The van der Waals surface area contributed by atoms with Gasteiger partial charge < -0.3 is 8.83 Å². The van der Waals surface area contributed by atoms with Crippen molar-refractivity contribution in [2.45, 2.75) is 25.7 Å². The molecule has 0 N–H and O–H groups in total. The number of para-hydroxylation sites is 2. The molecular weight excluding hydrogens is 440 g/mol. The first kappa shape index (κ1) is 21.0. The third-order valence-corrected chi connectivity index (χ3v) is 7.31. The van der Waals surface area contributed by atoms with Gasteiger partial charge in [-0.15, -0.1) is 0 Å². The van der Waals surface area contributed by atoms with Gasteiger partial charge in [0.15, 0.2) is 0 Å². The Morgan fingerprint density at radius 2 is 0.694 bits per heavy atom. The first-order valence-corrected chi connectivity index (χ1v) is 12.7. The molecule has 0 aliphatic carbocycles. The highest BCUT2D eigenvalue weighted by Gasteiger charge is 2.09. The Morgan fingerprint density at radius 1 is 0.333 bits per heavy atom. The van der Waals surface area contributed by atoms with Crippen LogP contribution in [0.15, 0.2) is 118 Å². The second-order valence-electron chi connectivity index (χ2n) is 9.67. The molecular formula is C34H26O2. The molecule has 0 saturated carbocycles. The Labute approximate surface area is 209 Å². The molecule has 0 spiro atoms. The van der Waals surface area contributed by atoms with Gasteiger partial charge in [0.1, 0.15) is 22.3 Å². The standard InChI is InChI=1S/C34H26O2/c1-3-7-31-27(5-1)29-21-25(17-19-33(29)35-31)15-13-23-9-11-24(12-10-23)14-16-26-18-20-34-30(22-26)28-6-2-4-8-32(28)36-34/h1-12,17-22H,13-16H2. The molecule has 5 aromatic carbocycles. The van der Waals surface area contributed by atoms with E-state index in [1.165, 1.54) is 43.8 Å². The average Bonchev–Trinajstić information content (AvgIpc) is 3.49. The van der Waals surface area contributed by atoms with Crippen LogP contribution in [-0.2, 0) is 25.7 Å². The Kier molecular flexibility index (Phi) is 5.10. The largest absolute Gasteiger partial charge is 0.456 e. The summed E-state index contributed by atoms with van der Waals surface area (Å²) in [6.07, 6.45) is 4.11. The smallest absolute Gasteiger partial charge is 0.135 e. The lowest BCUT2D eigenvalue weighted by molar-refractivity contribution is 0.668. The van der Waals surface area contributed by atoms with Gasteiger partial charge in [0, 0.05) is 21.5 Å². The fourth-order valence-electron chi connectivity index (χ4n) is 5.31. The molecule has 0 radical (unpaired) electrons. The molecule has 2 nitrogen and oxygen atoms in total. The molecule has 2 heterocycles. The van der Waals surface area contributed by atoms with Crippen LogP contribution in [-0.4, -0.2) is 0 Å². The molecule has 0 saturated heterocycles. The lowest BCUT2D eigenvalue weighted by Crippen LogP contribution is -1.94. The van der Waals surface area contributed by atoms with E-state index in [2.05, 4.69) is 84.9 Å². The van der Waals surface area contributed by atoms with E-state index in [-0.39, 0.29) is 0 Å². The van der Waals surface area contributed by atoms with Gasteiger partial charge in [-0.25, -0.2) is 0 Å². The van der Waals surface area contributed by atoms with E-state index >= 15 is 0 Å². The minimum Gasteiger partial charge on any atom is -0.456 e. The van der Waals surface area contributed by atoms with Crippen molar-refractivity contribution in [1.29, 1.82) is 0 Å². The lowest BCUT2D eigenvalue weighted by atomic mass is 9.99. The summed E-state index contributed by atoms with van der Waals surface area (Å²) in [6, 6.07) is 38.9. The predicted octanol–water partition coefficient (Wildman–Crippen LogP) is 9.06. The van der Waals surface area contributed by atoms with Crippen molar-refractivity contribution in [3.8, 4) is 0 Å². The highest BCUT2D eigenvalue weighted by Crippen LogP contribution is 2.30. The molecule has 0 aliphatic heterocycles. The summed E-state index contributed by atoms with van der Waals surface area (Å²) in [7, 11) is 0. The van der Waals surface area contributed by atoms with E-state index in [1.54, 1.807) is 0 Å². The molecule has 0 unspecified atom stereocenters.